The van der Waals surface area contributed by atoms with E-state index in [1.807, 2.05) is 12.2 Å². The molecule has 1 aliphatic heterocycles. The number of hydrogen-bond donors (Lipinski definition) is 2. The molecule has 3 amide bonds. The van der Waals surface area contributed by atoms with Crippen LogP contribution in [0.2, 0.25) is 0 Å². The standard InChI is InChI=1S/C23H18N2O5/c26-20(24-17-4-2-1-3-16(17)23(29)30)12-7-9-15(10-8-12)25-21(27)18-13-5-6-14(11-13)19(18)22(25)28/h1-10,13-14,18-19H,11H2,(H,24,26)(H,29,30)/t13-,14-,18+,19+/m0/s1. The fourth-order valence-corrected chi connectivity index (χ4v) is 4.89. The van der Waals surface area contributed by atoms with Gasteiger partial charge in [0.25, 0.3) is 5.91 Å². The molecule has 0 radical (unpaired) electrons. The summed E-state index contributed by atoms with van der Waals surface area (Å²) in [5.41, 5.74) is 0.923. The van der Waals surface area contributed by atoms with E-state index in [0.29, 0.717) is 11.3 Å². The second-order valence-corrected chi connectivity index (χ2v) is 7.86. The molecule has 2 bridgehead atoms. The van der Waals surface area contributed by atoms with E-state index in [0.717, 1.165) is 6.42 Å². The monoisotopic (exact) mass is 402 g/mol. The van der Waals surface area contributed by atoms with Gasteiger partial charge in [0, 0.05) is 5.56 Å². The third-order valence-corrected chi connectivity index (χ3v) is 6.26. The Morgan fingerprint density at radius 3 is 2.10 bits per heavy atom. The maximum atomic E-state index is 12.9. The lowest BCUT2D eigenvalue weighted by atomic mass is 9.85. The van der Waals surface area contributed by atoms with E-state index in [4.69, 9.17) is 0 Å². The highest BCUT2D eigenvalue weighted by atomic mass is 16.4. The van der Waals surface area contributed by atoms with Crippen LogP contribution in [0.1, 0.15) is 27.1 Å². The van der Waals surface area contributed by atoms with Gasteiger partial charge in [0.1, 0.15) is 0 Å². The largest absolute Gasteiger partial charge is 0.478 e. The highest BCUT2D eigenvalue weighted by Gasteiger charge is 2.59. The molecule has 0 unspecified atom stereocenters. The fraction of sp³-hybridized carbons (Fsp3) is 0.217. The van der Waals surface area contributed by atoms with Gasteiger partial charge in [-0.3, -0.25) is 19.3 Å². The van der Waals surface area contributed by atoms with Crippen LogP contribution in [0.3, 0.4) is 0 Å². The SMILES string of the molecule is O=C(Nc1ccccc1C(=O)O)c1ccc(N2C(=O)[C@H]3[C@H](C2=O)[C@H]2C=C[C@H]3C2)cc1. The van der Waals surface area contributed by atoms with Crippen LogP contribution in [-0.2, 0) is 9.59 Å². The van der Waals surface area contributed by atoms with Crippen LogP contribution in [0.5, 0.6) is 0 Å². The zero-order valence-electron chi connectivity index (χ0n) is 15.8. The van der Waals surface area contributed by atoms with E-state index >= 15 is 0 Å². The first kappa shape index (κ1) is 18.3. The summed E-state index contributed by atoms with van der Waals surface area (Å²) in [6.07, 6.45) is 4.96. The van der Waals surface area contributed by atoms with Crippen LogP contribution >= 0.6 is 0 Å². The van der Waals surface area contributed by atoms with Crippen molar-refractivity contribution in [1.29, 1.82) is 0 Å². The van der Waals surface area contributed by atoms with Crippen LogP contribution in [0, 0.1) is 23.7 Å². The van der Waals surface area contributed by atoms with Gasteiger partial charge in [-0.2, -0.15) is 0 Å². The van der Waals surface area contributed by atoms with Gasteiger partial charge in [-0.25, -0.2) is 4.79 Å². The highest BCUT2D eigenvalue weighted by molar-refractivity contribution is 6.23. The molecular weight excluding hydrogens is 384 g/mol. The number of carboxylic acids is 1. The molecule has 7 nitrogen and oxygen atoms in total. The van der Waals surface area contributed by atoms with Crippen molar-refractivity contribution in [3.8, 4) is 0 Å². The Bertz CT molecular complexity index is 1090. The Balaban J connectivity index is 1.35. The van der Waals surface area contributed by atoms with Crippen LogP contribution in [0.15, 0.2) is 60.7 Å². The van der Waals surface area contributed by atoms with Crippen molar-refractivity contribution in [1.82, 2.24) is 0 Å². The molecule has 2 aliphatic carbocycles. The molecule has 1 saturated carbocycles. The van der Waals surface area contributed by atoms with Crippen molar-refractivity contribution >= 4 is 35.1 Å². The first-order valence-electron chi connectivity index (χ1n) is 9.75. The Morgan fingerprint density at radius 1 is 0.900 bits per heavy atom. The summed E-state index contributed by atoms with van der Waals surface area (Å²) in [5, 5.41) is 11.8. The first-order valence-corrected chi connectivity index (χ1v) is 9.75. The number of hydrogen-bond acceptors (Lipinski definition) is 4. The fourth-order valence-electron chi connectivity index (χ4n) is 4.89. The van der Waals surface area contributed by atoms with Crippen LogP contribution in [0.4, 0.5) is 11.4 Å². The zero-order chi connectivity index (χ0) is 21.0. The summed E-state index contributed by atoms with van der Waals surface area (Å²) in [6, 6.07) is 12.3. The summed E-state index contributed by atoms with van der Waals surface area (Å²) >= 11 is 0. The van der Waals surface area contributed by atoms with Gasteiger partial charge in [0.15, 0.2) is 0 Å². The summed E-state index contributed by atoms with van der Waals surface area (Å²) in [5.74, 6) is -2.23. The van der Waals surface area contributed by atoms with Gasteiger partial charge in [-0.15, -0.1) is 0 Å². The van der Waals surface area contributed by atoms with E-state index < -0.39 is 11.9 Å². The molecule has 3 aliphatic rings. The van der Waals surface area contributed by atoms with Crippen LogP contribution in [-0.4, -0.2) is 28.8 Å². The molecule has 2 fully saturated rings. The highest BCUT2D eigenvalue weighted by Crippen LogP contribution is 2.53. The number of aromatic carboxylic acids is 1. The molecule has 2 N–H and O–H groups in total. The van der Waals surface area contributed by atoms with Crippen LogP contribution in [0.25, 0.3) is 0 Å². The molecule has 2 aromatic rings. The average molecular weight is 402 g/mol. The number of allylic oxidation sites excluding steroid dienone is 2. The minimum Gasteiger partial charge on any atom is -0.478 e. The maximum Gasteiger partial charge on any atom is 0.337 e. The molecule has 150 valence electrons. The predicted molar refractivity (Wildman–Crippen MR) is 108 cm³/mol. The van der Waals surface area contributed by atoms with Gasteiger partial charge in [-0.05, 0) is 54.7 Å². The molecular formula is C23H18N2O5. The predicted octanol–water partition coefficient (Wildman–Crippen LogP) is 2.95. The van der Waals surface area contributed by atoms with Gasteiger partial charge in [0.05, 0.1) is 28.8 Å². The van der Waals surface area contributed by atoms with Crippen molar-refractivity contribution in [3.63, 3.8) is 0 Å². The molecule has 5 rings (SSSR count). The average Bonchev–Trinajstić information content (AvgIpc) is 3.42. The van der Waals surface area contributed by atoms with Crippen molar-refractivity contribution in [3.05, 3.63) is 71.8 Å². The molecule has 7 heteroatoms. The summed E-state index contributed by atoms with van der Waals surface area (Å²) in [7, 11) is 0. The molecule has 4 atom stereocenters. The van der Waals surface area contributed by atoms with Crippen molar-refractivity contribution in [2.24, 2.45) is 23.7 Å². The lowest BCUT2D eigenvalue weighted by Crippen LogP contribution is -2.32. The molecule has 2 aromatic carbocycles. The number of para-hydroxylation sites is 1. The lowest BCUT2D eigenvalue weighted by molar-refractivity contribution is -0.123. The number of carbonyl (C=O) groups excluding carboxylic acids is 3. The van der Waals surface area contributed by atoms with E-state index in [-0.39, 0.29) is 46.7 Å². The number of nitrogens with one attached hydrogen (secondary N) is 1. The maximum absolute atomic E-state index is 12.9. The number of imide groups is 1. The Morgan fingerprint density at radius 2 is 1.50 bits per heavy atom. The Kier molecular flexibility index (Phi) is 4.06. The van der Waals surface area contributed by atoms with E-state index in [9.17, 15) is 24.3 Å². The number of nitrogens with zero attached hydrogens (tertiary/aromatic N) is 1. The lowest BCUT2D eigenvalue weighted by Gasteiger charge is -2.17. The number of rotatable bonds is 4. The zero-order valence-corrected chi connectivity index (χ0v) is 15.8. The first-order chi connectivity index (χ1) is 14.5. The van der Waals surface area contributed by atoms with Crippen molar-refractivity contribution < 1.29 is 24.3 Å². The number of carboxylic acid groups (broad SMARTS) is 1. The quantitative estimate of drug-likeness (QED) is 0.605. The van der Waals surface area contributed by atoms with Crippen LogP contribution < -0.4 is 10.2 Å². The minimum absolute atomic E-state index is 0.00879. The van der Waals surface area contributed by atoms with Gasteiger partial charge in [0.2, 0.25) is 11.8 Å². The number of anilines is 2. The topological polar surface area (TPSA) is 104 Å². The number of carbonyl (C=O) groups is 4. The number of fused-ring (bicyclic) bond motifs is 5. The Hall–Kier alpha value is -3.74. The minimum atomic E-state index is -1.14. The van der Waals surface area contributed by atoms with E-state index in [2.05, 4.69) is 5.32 Å². The van der Waals surface area contributed by atoms with E-state index in [1.54, 1.807) is 24.3 Å². The summed E-state index contributed by atoms with van der Waals surface area (Å²) in [4.78, 5) is 50.9. The normalized spacial score (nSPS) is 26.2. The van der Waals surface area contributed by atoms with Gasteiger partial charge >= 0.3 is 5.97 Å². The third-order valence-electron chi connectivity index (χ3n) is 6.26. The molecule has 30 heavy (non-hydrogen) atoms. The number of benzene rings is 2. The summed E-state index contributed by atoms with van der Waals surface area (Å²) in [6.45, 7) is 0. The smallest absolute Gasteiger partial charge is 0.337 e. The summed E-state index contributed by atoms with van der Waals surface area (Å²) < 4.78 is 0. The number of amides is 3. The van der Waals surface area contributed by atoms with E-state index in [1.165, 1.54) is 29.2 Å². The molecule has 0 spiro atoms. The van der Waals surface area contributed by atoms with Gasteiger partial charge < -0.3 is 10.4 Å². The second kappa shape index (κ2) is 6.66. The molecule has 1 saturated heterocycles. The Labute approximate surface area is 172 Å². The second-order valence-electron chi connectivity index (χ2n) is 7.86. The molecule has 1 heterocycles. The van der Waals surface area contributed by atoms with Crippen molar-refractivity contribution in [2.45, 2.75) is 6.42 Å². The molecule has 0 aromatic heterocycles. The third kappa shape index (κ3) is 2.66. The van der Waals surface area contributed by atoms with Crippen molar-refractivity contribution in [2.75, 3.05) is 10.2 Å². The van der Waals surface area contributed by atoms with Gasteiger partial charge in [-0.1, -0.05) is 24.3 Å².